The predicted molar refractivity (Wildman–Crippen MR) is 69.4 cm³/mol. The van der Waals surface area contributed by atoms with E-state index < -0.39 is 0 Å². The Hall–Kier alpha value is -0.300. The van der Waals surface area contributed by atoms with Gasteiger partial charge in [0.05, 0.1) is 0 Å². The molecule has 0 heterocycles. The maximum Gasteiger partial charge on any atom is 0.0173 e. The van der Waals surface area contributed by atoms with Crippen LogP contribution >= 0.6 is 15.9 Å². The monoisotopic (exact) mass is 266 g/mol. The van der Waals surface area contributed by atoms with E-state index in [1.165, 1.54) is 37.7 Å². The molecule has 0 bridgehead atoms. The van der Waals surface area contributed by atoms with Gasteiger partial charge in [-0.1, -0.05) is 53.2 Å². The number of alkyl halides is 1. The van der Waals surface area contributed by atoms with E-state index in [4.69, 9.17) is 0 Å². The van der Waals surface area contributed by atoms with Crippen LogP contribution in [0.1, 0.15) is 38.2 Å². The van der Waals surface area contributed by atoms with Crippen molar-refractivity contribution in [1.82, 2.24) is 0 Å². The molecule has 0 spiro atoms. The van der Waals surface area contributed by atoms with Gasteiger partial charge in [-0.2, -0.15) is 0 Å². The Bertz CT molecular complexity index is 298. The van der Waals surface area contributed by atoms with Crippen molar-refractivity contribution >= 4 is 15.9 Å². The van der Waals surface area contributed by atoms with Crippen molar-refractivity contribution < 1.29 is 0 Å². The highest BCUT2D eigenvalue weighted by atomic mass is 79.9. The number of halogens is 1. The van der Waals surface area contributed by atoms with Crippen LogP contribution in [-0.4, -0.2) is 4.83 Å². The zero-order valence-corrected chi connectivity index (χ0v) is 11.0. The van der Waals surface area contributed by atoms with Crippen molar-refractivity contribution in [1.29, 1.82) is 0 Å². The molecule has 0 nitrogen and oxygen atoms in total. The average Bonchev–Trinajstić information content (AvgIpc) is 3.01. The maximum absolute atomic E-state index is 3.74. The summed E-state index contributed by atoms with van der Waals surface area (Å²) in [5, 5.41) is 0. The Balaban J connectivity index is 1.76. The molecule has 0 amide bonds. The van der Waals surface area contributed by atoms with Crippen LogP contribution in [0.3, 0.4) is 0 Å². The number of benzene rings is 1. The summed E-state index contributed by atoms with van der Waals surface area (Å²) >= 11 is 3.74. The molecule has 2 rings (SSSR count). The van der Waals surface area contributed by atoms with E-state index in [9.17, 15) is 0 Å². The van der Waals surface area contributed by atoms with Gasteiger partial charge in [0.2, 0.25) is 0 Å². The smallest absolute Gasteiger partial charge is 0.0173 e. The standard InChI is InChI=1S/C14H19Br/c1-12(15)14(10-11-14)9-5-8-13-6-3-2-4-7-13/h2-4,6-7,12H,5,8-11H2,1H3. The van der Waals surface area contributed by atoms with Crippen LogP contribution in [0.4, 0.5) is 0 Å². The molecule has 1 unspecified atom stereocenters. The lowest BCUT2D eigenvalue weighted by Gasteiger charge is -2.17. The highest BCUT2D eigenvalue weighted by Crippen LogP contribution is 2.55. The number of hydrogen-bond acceptors (Lipinski definition) is 0. The molecule has 0 N–H and O–H groups in total. The lowest BCUT2D eigenvalue weighted by Crippen LogP contribution is -2.11. The third kappa shape index (κ3) is 2.84. The van der Waals surface area contributed by atoms with Crippen molar-refractivity contribution in [2.24, 2.45) is 5.41 Å². The zero-order chi connectivity index (χ0) is 10.7. The summed E-state index contributed by atoms with van der Waals surface area (Å²) in [6, 6.07) is 10.8. The molecule has 0 aliphatic heterocycles. The molecule has 82 valence electrons. The second kappa shape index (κ2) is 4.69. The molecule has 1 atom stereocenters. The van der Waals surface area contributed by atoms with Crippen LogP contribution in [0.2, 0.25) is 0 Å². The highest BCUT2D eigenvalue weighted by Gasteiger charge is 2.45. The van der Waals surface area contributed by atoms with Crippen LogP contribution in [0.5, 0.6) is 0 Å². The molecule has 1 aromatic rings. The highest BCUT2D eigenvalue weighted by molar-refractivity contribution is 9.09. The van der Waals surface area contributed by atoms with Gasteiger partial charge in [0.1, 0.15) is 0 Å². The third-order valence-electron chi connectivity index (χ3n) is 3.72. The third-order valence-corrected chi connectivity index (χ3v) is 4.69. The summed E-state index contributed by atoms with van der Waals surface area (Å²) in [4.78, 5) is 0.695. The van der Waals surface area contributed by atoms with Crippen molar-refractivity contribution in [2.45, 2.75) is 43.9 Å². The van der Waals surface area contributed by atoms with E-state index in [0.29, 0.717) is 10.2 Å². The summed E-state index contributed by atoms with van der Waals surface area (Å²) in [6.07, 6.45) is 6.80. The molecular weight excluding hydrogens is 248 g/mol. The fourth-order valence-electron chi connectivity index (χ4n) is 2.30. The average molecular weight is 267 g/mol. The predicted octanol–water partition coefficient (Wildman–Crippen LogP) is 4.57. The molecular formula is C14H19Br. The van der Waals surface area contributed by atoms with Crippen molar-refractivity contribution in [3.05, 3.63) is 35.9 Å². The Labute approximate surface area is 101 Å². The van der Waals surface area contributed by atoms with E-state index in [0.717, 1.165) is 0 Å². The van der Waals surface area contributed by atoms with E-state index in [2.05, 4.69) is 53.2 Å². The number of rotatable bonds is 5. The van der Waals surface area contributed by atoms with Crippen molar-refractivity contribution in [2.75, 3.05) is 0 Å². The first-order chi connectivity index (χ1) is 7.23. The fourth-order valence-corrected chi connectivity index (χ4v) is 2.98. The minimum Gasteiger partial charge on any atom is -0.0888 e. The summed E-state index contributed by atoms with van der Waals surface area (Å²) in [5.74, 6) is 0. The van der Waals surface area contributed by atoms with Gasteiger partial charge in [0.15, 0.2) is 0 Å². The van der Waals surface area contributed by atoms with Crippen LogP contribution in [0, 0.1) is 5.41 Å². The van der Waals surface area contributed by atoms with E-state index in [1.807, 2.05) is 0 Å². The second-order valence-electron chi connectivity index (χ2n) is 4.82. The molecule has 1 aliphatic carbocycles. The minimum absolute atomic E-state index is 0.648. The van der Waals surface area contributed by atoms with Gasteiger partial charge in [-0.3, -0.25) is 0 Å². The number of hydrogen-bond donors (Lipinski definition) is 0. The van der Waals surface area contributed by atoms with Gasteiger partial charge in [0, 0.05) is 4.83 Å². The quantitative estimate of drug-likeness (QED) is 0.685. The fraction of sp³-hybridized carbons (Fsp3) is 0.571. The largest absolute Gasteiger partial charge is 0.0888 e. The van der Waals surface area contributed by atoms with Crippen LogP contribution < -0.4 is 0 Å². The van der Waals surface area contributed by atoms with E-state index in [-0.39, 0.29) is 0 Å². The molecule has 0 radical (unpaired) electrons. The molecule has 0 saturated heterocycles. The summed E-state index contributed by atoms with van der Waals surface area (Å²) < 4.78 is 0. The molecule has 1 aromatic carbocycles. The zero-order valence-electron chi connectivity index (χ0n) is 9.38. The SMILES string of the molecule is CC(Br)C1(CCCc2ccccc2)CC1. The van der Waals surface area contributed by atoms with E-state index in [1.54, 1.807) is 0 Å². The van der Waals surface area contributed by atoms with Gasteiger partial charge >= 0.3 is 0 Å². The summed E-state index contributed by atoms with van der Waals surface area (Å²) in [5.41, 5.74) is 2.13. The molecule has 1 aliphatic rings. The van der Waals surface area contributed by atoms with Crippen molar-refractivity contribution in [3.63, 3.8) is 0 Å². The molecule has 15 heavy (non-hydrogen) atoms. The first-order valence-corrected chi connectivity index (χ1v) is 6.82. The lowest BCUT2D eigenvalue weighted by molar-refractivity contribution is 0.450. The Morgan fingerprint density at radius 2 is 1.93 bits per heavy atom. The molecule has 0 aromatic heterocycles. The Morgan fingerprint density at radius 1 is 1.27 bits per heavy atom. The Kier molecular flexibility index (Phi) is 3.50. The van der Waals surface area contributed by atoms with Crippen LogP contribution in [-0.2, 0) is 6.42 Å². The Morgan fingerprint density at radius 3 is 2.47 bits per heavy atom. The first-order valence-electron chi connectivity index (χ1n) is 5.91. The lowest BCUT2D eigenvalue weighted by atomic mass is 9.94. The van der Waals surface area contributed by atoms with Crippen LogP contribution in [0.25, 0.3) is 0 Å². The molecule has 1 fully saturated rings. The van der Waals surface area contributed by atoms with Gasteiger partial charge < -0.3 is 0 Å². The van der Waals surface area contributed by atoms with Gasteiger partial charge in [-0.15, -0.1) is 0 Å². The summed E-state index contributed by atoms with van der Waals surface area (Å²) in [6.45, 7) is 2.30. The van der Waals surface area contributed by atoms with Gasteiger partial charge in [-0.25, -0.2) is 0 Å². The maximum atomic E-state index is 3.74. The van der Waals surface area contributed by atoms with Gasteiger partial charge in [0.25, 0.3) is 0 Å². The van der Waals surface area contributed by atoms with Crippen LogP contribution in [0.15, 0.2) is 30.3 Å². The topological polar surface area (TPSA) is 0 Å². The summed E-state index contributed by atoms with van der Waals surface area (Å²) in [7, 11) is 0. The normalized spacial score (nSPS) is 19.9. The first kappa shape index (κ1) is 11.2. The van der Waals surface area contributed by atoms with Gasteiger partial charge in [-0.05, 0) is 43.1 Å². The molecule has 1 saturated carbocycles. The second-order valence-corrected chi connectivity index (χ2v) is 6.19. The van der Waals surface area contributed by atoms with E-state index >= 15 is 0 Å². The minimum atomic E-state index is 0.648. The number of aryl methyl sites for hydroxylation is 1. The molecule has 1 heteroatoms. The van der Waals surface area contributed by atoms with Crippen molar-refractivity contribution in [3.8, 4) is 0 Å².